The van der Waals surface area contributed by atoms with E-state index in [0.717, 1.165) is 17.0 Å². The van der Waals surface area contributed by atoms with Gasteiger partial charge in [0, 0.05) is 11.8 Å². The third kappa shape index (κ3) is 2.74. The fourth-order valence-electron chi connectivity index (χ4n) is 1.64. The van der Waals surface area contributed by atoms with Crippen LogP contribution in [0.25, 0.3) is 0 Å². The number of benzene rings is 1. The first-order chi connectivity index (χ1) is 9.02. The van der Waals surface area contributed by atoms with Crippen molar-refractivity contribution in [2.45, 2.75) is 0 Å². The van der Waals surface area contributed by atoms with Crippen molar-refractivity contribution in [3.05, 3.63) is 40.8 Å². The minimum absolute atomic E-state index is 0.0566. The molecule has 100 valence electrons. The van der Waals surface area contributed by atoms with Crippen LogP contribution in [-0.4, -0.2) is 35.0 Å². The van der Waals surface area contributed by atoms with Crippen molar-refractivity contribution in [1.29, 1.82) is 0 Å². The Morgan fingerprint density at radius 1 is 1.37 bits per heavy atom. The lowest BCUT2D eigenvalue weighted by Gasteiger charge is -2.13. The van der Waals surface area contributed by atoms with Crippen LogP contribution in [0, 0.1) is 5.82 Å². The summed E-state index contributed by atoms with van der Waals surface area (Å²) in [7, 11) is 0. The molecule has 0 radical (unpaired) electrons. The van der Waals surface area contributed by atoms with Gasteiger partial charge in [0.15, 0.2) is 0 Å². The molecule has 1 heterocycles. The number of anilines is 1. The molecular formula is C12H10ClFN2O3. The Bertz CT molecular complexity index is 574. The highest BCUT2D eigenvalue weighted by Gasteiger charge is 2.30. The molecule has 0 spiro atoms. The summed E-state index contributed by atoms with van der Waals surface area (Å²) < 4.78 is 13.0. The maximum atomic E-state index is 13.0. The smallest absolute Gasteiger partial charge is 0.277 e. The number of halogens is 2. The van der Waals surface area contributed by atoms with E-state index in [1.54, 1.807) is 0 Å². The highest BCUT2D eigenvalue weighted by atomic mass is 35.5. The van der Waals surface area contributed by atoms with Crippen LogP contribution in [0.15, 0.2) is 30.0 Å². The van der Waals surface area contributed by atoms with Gasteiger partial charge in [-0.3, -0.25) is 14.5 Å². The fourth-order valence-corrected chi connectivity index (χ4v) is 1.82. The monoisotopic (exact) mass is 284 g/mol. The molecule has 2 amide bonds. The number of β-amino-alcohol motifs (C(OH)–C–C–N with tert-alkyl or cyclic N) is 1. The maximum absolute atomic E-state index is 13.0. The van der Waals surface area contributed by atoms with Gasteiger partial charge >= 0.3 is 0 Å². The predicted octanol–water partition coefficient (Wildman–Crippen LogP) is 1.14. The van der Waals surface area contributed by atoms with Crippen molar-refractivity contribution >= 4 is 29.1 Å². The molecule has 2 N–H and O–H groups in total. The van der Waals surface area contributed by atoms with Crippen LogP contribution in [-0.2, 0) is 9.59 Å². The molecule has 0 saturated carbocycles. The van der Waals surface area contributed by atoms with Crippen LogP contribution in [0.2, 0.25) is 5.02 Å². The maximum Gasteiger partial charge on any atom is 0.277 e. The minimum atomic E-state index is -0.572. The van der Waals surface area contributed by atoms with Gasteiger partial charge in [-0.1, -0.05) is 11.6 Å². The first-order valence-corrected chi connectivity index (χ1v) is 5.81. The number of imide groups is 1. The molecule has 1 aliphatic rings. The van der Waals surface area contributed by atoms with E-state index in [9.17, 15) is 14.0 Å². The number of amides is 2. The van der Waals surface area contributed by atoms with E-state index in [0.29, 0.717) is 5.69 Å². The predicted molar refractivity (Wildman–Crippen MR) is 66.9 cm³/mol. The number of carbonyl (C=O) groups is 2. The average Bonchev–Trinajstić information content (AvgIpc) is 2.62. The Morgan fingerprint density at radius 2 is 2.11 bits per heavy atom. The van der Waals surface area contributed by atoms with Crippen LogP contribution in [0.4, 0.5) is 10.1 Å². The average molecular weight is 285 g/mol. The Morgan fingerprint density at radius 3 is 2.74 bits per heavy atom. The summed E-state index contributed by atoms with van der Waals surface area (Å²) in [6.07, 6.45) is 1.12. The molecule has 0 aliphatic carbocycles. The van der Waals surface area contributed by atoms with Gasteiger partial charge in [-0.15, -0.1) is 0 Å². The van der Waals surface area contributed by atoms with Gasteiger partial charge in [-0.25, -0.2) is 4.39 Å². The van der Waals surface area contributed by atoms with E-state index in [1.807, 2.05) is 0 Å². The zero-order valence-electron chi connectivity index (χ0n) is 9.69. The molecule has 1 aliphatic heterocycles. The van der Waals surface area contributed by atoms with Crippen molar-refractivity contribution in [3.8, 4) is 0 Å². The summed E-state index contributed by atoms with van der Waals surface area (Å²) in [6, 6.07) is 3.86. The Kier molecular flexibility index (Phi) is 3.82. The van der Waals surface area contributed by atoms with E-state index in [1.165, 1.54) is 12.1 Å². The topological polar surface area (TPSA) is 69.6 Å². The lowest BCUT2D eigenvalue weighted by molar-refractivity contribution is -0.137. The van der Waals surface area contributed by atoms with Gasteiger partial charge in [0.25, 0.3) is 11.8 Å². The second-order valence-electron chi connectivity index (χ2n) is 3.83. The van der Waals surface area contributed by atoms with E-state index in [2.05, 4.69) is 5.32 Å². The number of aliphatic hydroxyl groups is 1. The van der Waals surface area contributed by atoms with Crippen molar-refractivity contribution in [1.82, 2.24) is 4.90 Å². The Labute approximate surface area is 113 Å². The SMILES string of the molecule is O=C1C=C(Nc2ccc(F)c(Cl)c2)C(=O)N1CCO. The van der Waals surface area contributed by atoms with E-state index < -0.39 is 17.6 Å². The fraction of sp³-hybridized carbons (Fsp3) is 0.167. The highest BCUT2D eigenvalue weighted by Crippen LogP contribution is 2.22. The highest BCUT2D eigenvalue weighted by molar-refractivity contribution is 6.31. The zero-order valence-corrected chi connectivity index (χ0v) is 10.4. The number of nitrogens with one attached hydrogen (secondary N) is 1. The van der Waals surface area contributed by atoms with Gasteiger partial charge in [0.2, 0.25) is 0 Å². The third-order valence-electron chi connectivity index (χ3n) is 2.53. The number of aliphatic hydroxyl groups excluding tert-OH is 1. The molecule has 1 aromatic rings. The zero-order chi connectivity index (χ0) is 14.0. The molecule has 0 fully saturated rings. The van der Waals surface area contributed by atoms with Crippen molar-refractivity contribution in [3.63, 3.8) is 0 Å². The first-order valence-electron chi connectivity index (χ1n) is 5.43. The summed E-state index contributed by atoms with van der Waals surface area (Å²) in [4.78, 5) is 24.2. The summed E-state index contributed by atoms with van der Waals surface area (Å²) in [5, 5.41) is 11.4. The number of hydrogen-bond acceptors (Lipinski definition) is 4. The Hall–Kier alpha value is -1.92. The number of carbonyl (C=O) groups excluding carboxylic acids is 2. The van der Waals surface area contributed by atoms with E-state index in [4.69, 9.17) is 16.7 Å². The molecular weight excluding hydrogens is 275 g/mol. The normalized spacial score (nSPS) is 14.9. The van der Waals surface area contributed by atoms with Crippen LogP contribution in [0.3, 0.4) is 0 Å². The van der Waals surface area contributed by atoms with Gasteiger partial charge in [0.1, 0.15) is 11.5 Å². The minimum Gasteiger partial charge on any atom is -0.395 e. The van der Waals surface area contributed by atoms with Gasteiger partial charge in [-0.05, 0) is 18.2 Å². The summed E-state index contributed by atoms with van der Waals surface area (Å²) in [6.45, 7) is -0.371. The summed E-state index contributed by atoms with van der Waals surface area (Å²) in [5.74, 6) is -1.62. The third-order valence-corrected chi connectivity index (χ3v) is 2.82. The van der Waals surface area contributed by atoms with Crippen LogP contribution in [0.1, 0.15) is 0 Å². The molecule has 0 atom stereocenters. The molecule has 5 nitrogen and oxygen atoms in total. The standard InChI is InChI=1S/C12H10ClFN2O3/c13-8-5-7(1-2-9(8)14)15-10-6-11(18)16(3-4-17)12(10)19/h1-2,5-6,15,17H,3-4H2. The van der Waals surface area contributed by atoms with Crippen molar-refractivity contribution < 1.29 is 19.1 Å². The lowest BCUT2D eigenvalue weighted by Crippen LogP contribution is -2.34. The molecule has 7 heteroatoms. The number of hydrogen-bond donors (Lipinski definition) is 2. The summed E-state index contributed by atoms with van der Waals surface area (Å²) in [5.41, 5.74) is 0.450. The van der Waals surface area contributed by atoms with E-state index >= 15 is 0 Å². The molecule has 2 rings (SSSR count). The molecule has 1 aromatic carbocycles. The van der Waals surface area contributed by atoms with Crippen LogP contribution < -0.4 is 5.32 Å². The van der Waals surface area contributed by atoms with Crippen LogP contribution >= 0.6 is 11.6 Å². The van der Waals surface area contributed by atoms with Crippen LogP contribution in [0.5, 0.6) is 0 Å². The number of nitrogens with zero attached hydrogens (tertiary/aromatic N) is 1. The Balaban J connectivity index is 2.16. The van der Waals surface area contributed by atoms with Gasteiger partial charge in [-0.2, -0.15) is 0 Å². The quantitative estimate of drug-likeness (QED) is 0.814. The second kappa shape index (κ2) is 5.38. The molecule has 0 aromatic heterocycles. The molecule has 19 heavy (non-hydrogen) atoms. The lowest BCUT2D eigenvalue weighted by atomic mass is 10.3. The molecule has 0 bridgehead atoms. The van der Waals surface area contributed by atoms with Gasteiger partial charge in [0.05, 0.1) is 18.2 Å². The molecule has 0 unspecified atom stereocenters. The van der Waals surface area contributed by atoms with Crippen molar-refractivity contribution in [2.75, 3.05) is 18.5 Å². The van der Waals surface area contributed by atoms with Gasteiger partial charge < -0.3 is 10.4 Å². The largest absolute Gasteiger partial charge is 0.395 e. The molecule has 0 saturated heterocycles. The summed E-state index contributed by atoms with van der Waals surface area (Å²) >= 11 is 5.61. The number of rotatable bonds is 4. The van der Waals surface area contributed by atoms with E-state index in [-0.39, 0.29) is 23.9 Å². The second-order valence-corrected chi connectivity index (χ2v) is 4.24. The van der Waals surface area contributed by atoms with Crippen molar-refractivity contribution in [2.24, 2.45) is 0 Å². The first kappa shape index (κ1) is 13.5.